The largest absolute Gasteiger partial charge is 0.489 e. The van der Waals surface area contributed by atoms with Crippen LogP contribution < -0.4 is 10.5 Å². The fourth-order valence-corrected chi connectivity index (χ4v) is 3.25. The quantitative estimate of drug-likeness (QED) is 0.725. The Morgan fingerprint density at radius 1 is 1.27 bits per heavy atom. The van der Waals surface area contributed by atoms with Crippen LogP contribution in [-0.4, -0.2) is 12.6 Å². The monoisotopic (exact) mass is 408 g/mol. The molecule has 154 valence electrons. The fraction of sp³-hybridized carbons (Fsp3) is 0.217. The molecule has 0 aromatic heterocycles. The van der Waals surface area contributed by atoms with E-state index in [1.165, 1.54) is 12.1 Å². The minimum atomic E-state index is -0.714. The first kappa shape index (κ1) is 20.9. The molecule has 0 amide bonds. The Bertz CT molecular complexity index is 1050. The van der Waals surface area contributed by atoms with E-state index >= 15 is 0 Å². The highest BCUT2D eigenvalue weighted by atomic mass is 19.1. The highest BCUT2D eigenvalue weighted by Crippen LogP contribution is 2.39. The van der Waals surface area contributed by atoms with Gasteiger partial charge in [-0.2, -0.15) is 5.26 Å². The number of nitrogens with zero attached hydrogens (tertiary/aromatic N) is 1. The van der Waals surface area contributed by atoms with Crippen LogP contribution in [0.2, 0.25) is 0 Å². The smallest absolute Gasteiger partial charge is 0.338 e. The molecule has 0 spiro atoms. The van der Waals surface area contributed by atoms with Gasteiger partial charge in [0.15, 0.2) is 0 Å². The Hall–Kier alpha value is -3.79. The first-order chi connectivity index (χ1) is 14.4. The van der Waals surface area contributed by atoms with E-state index in [0.717, 1.165) is 5.56 Å². The van der Waals surface area contributed by atoms with E-state index in [1.54, 1.807) is 38.1 Å². The van der Waals surface area contributed by atoms with Crippen LogP contribution in [0.4, 0.5) is 4.39 Å². The van der Waals surface area contributed by atoms with Crippen LogP contribution in [-0.2, 0) is 20.9 Å². The summed E-state index contributed by atoms with van der Waals surface area (Å²) in [5.41, 5.74) is 7.78. The van der Waals surface area contributed by atoms with Crippen molar-refractivity contribution in [1.82, 2.24) is 0 Å². The van der Waals surface area contributed by atoms with Crippen LogP contribution in [0, 0.1) is 17.1 Å². The average molecular weight is 408 g/mol. The van der Waals surface area contributed by atoms with Crippen molar-refractivity contribution in [3.8, 4) is 11.8 Å². The van der Waals surface area contributed by atoms with Crippen molar-refractivity contribution in [2.24, 2.45) is 5.73 Å². The molecule has 2 aromatic carbocycles. The van der Waals surface area contributed by atoms with Gasteiger partial charge in [0.05, 0.1) is 18.1 Å². The van der Waals surface area contributed by atoms with Gasteiger partial charge in [-0.15, -0.1) is 0 Å². The van der Waals surface area contributed by atoms with Crippen molar-refractivity contribution in [3.05, 3.63) is 88.3 Å². The number of halogens is 1. The predicted octanol–water partition coefficient (Wildman–Crippen LogP) is 4.05. The van der Waals surface area contributed by atoms with Gasteiger partial charge in [0.1, 0.15) is 35.6 Å². The predicted molar refractivity (Wildman–Crippen MR) is 107 cm³/mol. The second-order valence-corrected chi connectivity index (χ2v) is 6.60. The molecule has 7 heteroatoms. The number of carbonyl (C=O) groups excluding carboxylic acids is 1. The molecule has 1 heterocycles. The third-order valence-corrected chi connectivity index (χ3v) is 4.60. The van der Waals surface area contributed by atoms with Gasteiger partial charge in [-0.1, -0.05) is 24.3 Å². The van der Waals surface area contributed by atoms with Gasteiger partial charge >= 0.3 is 5.97 Å². The topological polar surface area (TPSA) is 94.6 Å². The molecular formula is C23H21FN2O4. The summed E-state index contributed by atoms with van der Waals surface area (Å²) >= 11 is 0. The van der Waals surface area contributed by atoms with Gasteiger partial charge in [-0.3, -0.25) is 0 Å². The highest BCUT2D eigenvalue weighted by Gasteiger charge is 2.36. The van der Waals surface area contributed by atoms with E-state index in [0.29, 0.717) is 17.1 Å². The normalized spacial score (nSPS) is 16.0. The standard InChI is InChI=1S/C23H21FN2O4/c1-3-28-23(27)20-14(2)30-22(26)19(12-25)21(20)16-6-4-5-15(11-16)13-29-18-9-7-17(24)8-10-18/h4-11,21H,3,13,26H2,1-2H3. The summed E-state index contributed by atoms with van der Waals surface area (Å²) in [6.07, 6.45) is 0. The van der Waals surface area contributed by atoms with Crippen LogP contribution in [0.3, 0.4) is 0 Å². The second-order valence-electron chi connectivity index (χ2n) is 6.60. The molecule has 0 saturated carbocycles. The third-order valence-electron chi connectivity index (χ3n) is 4.60. The molecule has 0 bridgehead atoms. The molecule has 0 fully saturated rings. The lowest BCUT2D eigenvalue weighted by Crippen LogP contribution is -2.25. The van der Waals surface area contributed by atoms with Crippen molar-refractivity contribution in [1.29, 1.82) is 5.26 Å². The second kappa shape index (κ2) is 9.14. The van der Waals surface area contributed by atoms with E-state index < -0.39 is 11.9 Å². The minimum absolute atomic E-state index is 0.0407. The summed E-state index contributed by atoms with van der Waals surface area (Å²) in [4.78, 5) is 12.6. The number of esters is 1. The molecule has 6 nitrogen and oxygen atoms in total. The number of nitrogens with two attached hydrogens (primary N) is 1. The van der Waals surface area contributed by atoms with Crippen molar-refractivity contribution in [2.45, 2.75) is 26.4 Å². The van der Waals surface area contributed by atoms with Gasteiger partial charge in [0.2, 0.25) is 5.88 Å². The minimum Gasteiger partial charge on any atom is -0.489 e. The number of rotatable bonds is 6. The Labute approximate surface area is 174 Å². The lowest BCUT2D eigenvalue weighted by Gasteiger charge is -2.27. The number of allylic oxidation sites excluding steroid dienone is 2. The van der Waals surface area contributed by atoms with Crippen LogP contribution in [0.25, 0.3) is 0 Å². The number of benzene rings is 2. The first-order valence-corrected chi connectivity index (χ1v) is 9.37. The zero-order valence-electron chi connectivity index (χ0n) is 16.6. The van der Waals surface area contributed by atoms with Crippen LogP contribution in [0.1, 0.15) is 30.9 Å². The lowest BCUT2D eigenvalue weighted by atomic mass is 9.82. The molecule has 1 unspecified atom stereocenters. The summed E-state index contributed by atoms with van der Waals surface area (Å²) in [6.45, 7) is 3.73. The lowest BCUT2D eigenvalue weighted by molar-refractivity contribution is -0.139. The molecule has 3 rings (SSSR count). The highest BCUT2D eigenvalue weighted by molar-refractivity contribution is 5.92. The summed E-state index contributed by atoms with van der Waals surface area (Å²) in [7, 11) is 0. The van der Waals surface area contributed by atoms with Gasteiger partial charge < -0.3 is 19.9 Å². The summed E-state index contributed by atoms with van der Waals surface area (Å²) in [5, 5.41) is 9.65. The van der Waals surface area contributed by atoms with Crippen LogP contribution in [0.15, 0.2) is 71.3 Å². The van der Waals surface area contributed by atoms with Crippen LogP contribution in [0.5, 0.6) is 5.75 Å². The molecule has 2 aromatic rings. The molecule has 1 atom stereocenters. The summed E-state index contributed by atoms with van der Waals surface area (Å²) in [5.74, 6) is -0.839. The van der Waals surface area contributed by atoms with Crippen molar-refractivity contribution in [3.63, 3.8) is 0 Å². The maximum Gasteiger partial charge on any atom is 0.338 e. The van der Waals surface area contributed by atoms with E-state index in [-0.39, 0.29) is 36.1 Å². The summed E-state index contributed by atoms with van der Waals surface area (Å²) < 4.78 is 29.3. The molecular weight excluding hydrogens is 387 g/mol. The SMILES string of the molecule is CCOC(=O)C1=C(C)OC(N)=C(C#N)C1c1cccc(COc2ccc(F)cc2)c1. The molecule has 0 radical (unpaired) electrons. The molecule has 1 aliphatic heterocycles. The van der Waals surface area contributed by atoms with Crippen molar-refractivity contribution < 1.29 is 23.4 Å². The Kier molecular flexibility index (Phi) is 6.38. The van der Waals surface area contributed by atoms with Gasteiger partial charge in [0.25, 0.3) is 0 Å². The molecule has 0 aliphatic carbocycles. The molecule has 0 saturated heterocycles. The number of ether oxygens (including phenoxy) is 3. The zero-order chi connectivity index (χ0) is 21.7. The zero-order valence-corrected chi connectivity index (χ0v) is 16.6. The third kappa shape index (κ3) is 4.44. The first-order valence-electron chi connectivity index (χ1n) is 9.37. The van der Waals surface area contributed by atoms with E-state index in [9.17, 15) is 14.4 Å². The summed E-state index contributed by atoms with van der Waals surface area (Å²) in [6, 6.07) is 15.1. The van der Waals surface area contributed by atoms with Crippen molar-refractivity contribution >= 4 is 5.97 Å². The van der Waals surface area contributed by atoms with E-state index in [4.69, 9.17) is 19.9 Å². The number of hydrogen-bond acceptors (Lipinski definition) is 6. The maximum atomic E-state index is 13.1. The molecule has 30 heavy (non-hydrogen) atoms. The van der Waals surface area contributed by atoms with Crippen LogP contribution >= 0.6 is 0 Å². The average Bonchev–Trinajstić information content (AvgIpc) is 2.73. The van der Waals surface area contributed by atoms with Gasteiger partial charge in [-0.25, -0.2) is 9.18 Å². The van der Waals surface area contributed by atoms with Gasteiger partial charge in [0, 0.05) is 0 Å². The van der Waals surface area contributed by atoms with E-state index in [2.05, 4.69) is 6.07 Å². The van der Waals surface area contributed by atoms with Crippen molar-refractivity contribution in [2.75, 3.05) is 6.61 Å². The maximum absolute atomic E-state index is 13.1. The Balaban J connectivity index is 1.93. The Morgan fingerprint density at radius 3 is 2.67 bits per heavy atom. The Morgan fingerprint density at radius 2 is 2.00 bits per heavy atom. The van der Waals surface area contributed by atoms with Gasteiger partial charge in [-0.05, 0) is 49.2 Å². The number of carbonyl (C=O) groups is 1. The fourth-order valence-electron chi connectivity index (χ4n) is 3.25. The molecule has 2 N–H and O–H groups in total. The van der Waals surface area contributed by atoms with E-state index in [1.807, 2.05) is 12.1 Å². The number of hydrogen-bond donors (Lipinski definition) is 1. The number of nitriles is 1. The molecule has 1 aliphatic rings.